The maximum Gasteiger partial charge on any atom is 0.0764 e. The summed E-state index contributed by atoms with van der Waals surface area (Å²) in [6.07, 6.45) is 1.99. The van der Waals surface area contributed by atoms with Crippen LogP contribution in [0.15, 0.2) is 12.3 Å². The van der Waals surface area contributed by atoms with Crippen LogP contribution in [0.3, 0.4) is 0 Å². The van der Waals surface area contributed by atoms with Gasteiger partial charge in [-0.1, -0.05) is 0 Å². The molecular formula is C13H24N4O. The van der Waals surface area contributed by atoms with Gasteiger partial charge in [-0.15, -0.1) is 0 Å². The molecule has 102 valence electrons. The summed E-state index contributed by atoms with van der Waals surface area (Å²) in [4.78, 5) is 4.75. The third kappa shape index (κ3) is 4.08. The maximum absolute atomic E-state index is 9.81. The maximum atomic E-state index is 9.81. The van der Waals surface area contributed by atoms with E-state index in [4.69, 9.17) is 0 Å². The van der Waals surface area contributed by atoms with Crippen LogP contribution in [-0.4, -0.2) is 63.0 Å². The van der Waals surface area contributed by atoms with Gasteiger partial charge in [-0.2, -0.15) is 5.10 Å². The summed E-state index contributed by atoms with van der Waals surface area (Å²) in [6.45, 7) is 9.56. The van der Waals surface area contributed by atoms with E-state index in [2.05, 4.69) is 21.0 Å². The molecule has 0 aliphatic carbocycles. The normalized spacial score (nSPS) is 19.3. The Morgan fingerprint density at radius 3 is 2.33 bits per heavy atom. The van der Waals surface area contributed by atoms with Crippen molar-refractivity contribution in [2.24, 2.45) is 7.05 Å². The molecule has 0 bridgehead atoms. The fraction of sp³-hybridized carbons (Fsp3) is 0.769. The standard InChI is InChI=1S/C13H24N4O/c1-13(2,18)11-17-8-6-16(7-9-17)10-12-4-5-15(3)14-12/h4-5,18H,6-11H2,1-3H3. The summed E-state index contributed by atoms with van der Waals surface area (Å²) >= 11 is 0. The predicted octanol–water partition coefficient (Wildman–Crippen LogP) is 0.309. The van der Waals surface area contributed by atoms with Gasteiger partial charge in [0, 0.05) is 52.5 Å². The number of piperazine rings is 1. The van der Waals surface area contributed by atoms with Crippen LogP contribution in [0.25, 0.3) is 0 Å². The molecule has 2 rings (SSSR count). The zero-order chi connectivity index (χ0) is 13.2. The van der Waals surface area contributed by atoms with Crippen LogP contribution in [0.2, 0.25) is 0 Å². The Balaban J connectivity index is 1.77. The zero-order valence-electron chi connectivity index (χ0n) is 11.6. The Kier molecular flexibility index (Phi) is 4.04. The first-order valence-corrected chi connectivity index (χ1v) is 6.58. The lowest BCUT2D eigenvalue weighted by Gasteiger charge is -2.37. The summed E-state index contributed by atoms with van der Waals surface area (Å²) in [6, 6.07) is 2.07. The number of aromatic nitrogens is 2. The van der Waals surface area contributed by atoms with E-state index in [0.29, 0.717) is 0 Å². The molecule has 18 heavy (non-hydrogen) atoms. The van der Waals surface area contributed by atoms with Crippen LogP contribution in [-0.2, 0) is 13.6 Å². The van der Waals surface area contributed by atoms with E-state index in [0.717, 1.165) is 45.0 Å². The third-order valence-corrected chi connectivity index (χ3v) is 3.23. The molecule has 1 saturated heterocycles. The molecule has 0 amide bonds. The van der Waals surface area contributed by atoms with Crippen LogP contribution in [0.1, 0.15) is 19.5 Å². The molecule has 5 nitrogen and oxygen atoms in total. The molecule has 0 atom stereocenters. The number of nitrogens with zero attached hydrogens (tertiary/aromatic N) is 4. The molecule has 1 N–H and O–H groups in total. The molecule has 1 fully saturated rings. The highest BCUT2D eigenvalue weighted by atomic mass is 16.3. The molecule has 0 unspecified atom stereocenters. The van der Waals surface area contributed by atoms with Crippen LogP contribution in [0.5, 0.6) is 0 Å². The van der Waals surface area contributed by atoms with Crippen molar-refractivity contribution in [3.63, 3.8) is 0 Å². The highest BCUT2D eigenvalue weighted by Gasteiger charge is 2.22. The number of hydrogen-bond donors (Lipinski definition) is 1. The third-order valence-electron chi connectivity index (χ3n) is 3.23. The minimum atomic E-state index is -0.594. The molecule has 1 aliphatic heterocycles. The lowest BCUT2D eigenvalue weighted by atomic mass is 10.1. The number of aryl methyl sites for hydroxylation is 1. The number of β-amino-alcohol motifs (C(OH)–C–C–N with tert-alkyl or cyclic N) is 1. The Morgan fingerprint density at radius 1 is 1.22 bits per heavy atom. The first-order valence-electron chi connectivity index (χ1n) is 6.58. The monoisotopic (exact) mass is 252 g/mol. The van der Waals surface area contributed by atoms with Crippen LogP contribution >= 0.6 is 0 Å². The second kappa shape index (κ2) is 5.38. The number of aliphatic hydroxyl groups is 1. The van der Waals surface area contributed by atoms with Gasteiger partial charge < -0.3 is 5.11 Å². The fourth-order valence-electron chi connectivity index (χ4n) is 2.43. The summed E-state index contributed by atoms with van der Waals surface area (Å²) in [5, 5.41) is 14.2. The smallest absolute Gasteiger partial charge is 0.0764 e. The number of rotatable bonds is 4. The molecule has 1 aliphatic rings. The second-order valence-electron chi connectivity index (χ2n) is 5.85. The van der Waals surface area contributed by atoms with E-state index >= 15 is 0 Å². The van der Waals surface area contributed by atoms with Crippen molar-refractivity contribution in [3.05, 3.63) is 18.0 Å². The van der Waals surface area contributed by atoms with E-state index < -0.39 is 5.60 Å². The minimum absolute atomic E-state index is 0.594. The van der Waals surface area contributed by atoms with Gasteiger partial charge in [-0.25, -0.2) is 0 Å². The molecule has 1 aromatic rings. The number of hydrogen-bond acceptors (Lipinski definition) is 4. The zero-order valence-corrected chi connectivity index (χ0v) is 11.6. The Labute approximate surface area is 109 Å². The lowest BCUT2D eigenvalue weighted by Crippen LogP contribution is -2.50. The first kappa shape index (κ1) is 13.5. The summed E-state index contributed by atoms with van der Waals surface area (Å²) in [5.41, 5.74) is 0.539. The van der Waals surface area contributed by atoms with Gasteiger partial charge >= 0.3 is 0 Å². The SMILES string of the molecule is Cn1ccc(CN2CCN(CC(C)(C)O)CC2)n1. The van der Waals surface area contributed by atoms with E-state index in [9.17, 15) is 5.11 Å². The highest BCUT2D eigenvalue weighted by Crippen LogP contribution is 2.10. The van der Waals surface area contributed by atoms with E-state index in [-0.39, 0.29) is 0 Å². The minimum Gasteiger partial charge on any atom is -0.389 e. The summed E-state index contributed by atoms with van der Waals surface area (Å²) in [7, 11) is 1.95. The van der Waals surface area contributed by atoms with Crippen LogP contribution in [0, 0.1) is 0 Å². The highest BCUT2D eigenvalue weighted by molar-refractivity contribution is 4.98. The van der Waals surface area contributed by atoms with Crippen LogP contribution < -0.4 is 0 Å². The molecule has 0 saturated carbocycles. The van der Waals surface area contributed by atoms with Crippen molar-refractivity contribution in [2.45, 2.75) is 26.0 Å². The molecule has 0 aromatic carbocycles. The summed E-state index contributed by atoms with van der Waals surface area (Å²) in [5.74, 6) is 0. The first-order chi connectivity index (χ1) is 8.42. The van der Waals surface area contributed by atoms with Crippen molar-refractivity contribution < 1.29 is 5.11 Å². The van der Waals surface area contributed by atoms with Gasteiger partial charge in [-0.3, -0.25) is 14.5 Å². The van der Waals surface area contributed by atoms with Crippen molar-refractivity contribution in [2.75, 3.05) is 32.7 Å². The van der Waals surface area contributed by atoms with Gasteiger partial charge in [0.25, 0.3) is 0 Å². The van der Waals surface area contributed by atoms with Crippen molar-refractivity contribution in [1.29, 1.82) is 0 Å². The fourth-order valence-corrected chi connectivity index (χ4v) is 2.43. The van der Waals surface area contributed by atoms with E-state index in [1.165, 1.54) is 0 Å². The van der Waals surface area contributed by atoms with Crippen LogP contribution in [0.4, 0.5) is 0 Å². The van der Waals surface area contributed by atoms with Crippen molar-refractivity contribution >= 4 is 0 Å². The lowest BCUT2D eigenvalue weighted by molar-refractivity contribution is 0.0165. The average Bonchev–Trinajstić information content (AvgIpc) is 2.65. The molecular weight excluding hydrogens is 228 g/mol. The summed E-state index contributed by atoms with van der Waals surface area (Å²) < 4.78 is 1.85. The Morgan fingerprint density at radius 2 is 1.83 bits per heavy atom. The van der Waals surface area contributed by atoms with Crippen molar-refractivity contribution in [1.82, 2.24) is 19.6 Å². The Hall–Kier alpha value is -0.910. The quantitative estimate of drug-likeness (QED) is 0.837. The van der Waals surface area contributed by atoms with Gasteiger partial charge in [0.05, 0.1) is 11.3 Å². The van der Waals surface area contributed by atoms with Gasteiger partial charge in [0.1, 0.15) is 0 Å². The molecule has 0 radical (unpaired) electrons. The predicted molar refractivity (Wildman–Crippen MR) is 71.2 cm³/mol. The molecule has 2 heterocycles. The van der Waals surface area contributed by atoms with Gasteiger partial charge in [-0.05, 0) is 19.9 Å². The topological polar surface area (TPSA) is 44.5 Å². The average molecular weight is 252 g/mol. The molecule has 5 heteroatoms. The van der Waals surface area contributed by atoms with Gasteiger partial charge in [0.2, 0.25) is 0 Å². The Bertz CT molecular complexity index is 375. The van der Waals surface area contributed by atoms with E-state index in [1.807, 2.05) is 31.8 Å². The van der Waals surface area contributed by atoms with Crippen molar-refractivity contribution in [3.8, 4) is 0 Å². The second-order valence-corrected chi connectivity index (χ2v) is 5.85. The van der Waals surface area contributed by atoms with Gasteiger partial charge in [0.15, 0.2) is 0 Å². The molecule has 1 aromatic heterocycles. The largest absolute Gasteiger partial charge is 0.389 e. The van der Waals surface area contributed by atoms with E-state index in [1.54, 1.807) is 0 Å². The molecule has 0 spiro atoms.